The molecule has 3 rings (SSSR count). The number of anilines is 1. The second-order valence-electron chi connectivity index (χ2n) is 5.67. The molecule has 2 nitrogen and oxygen atoms in total. The van der Waals surface area contributed by atoms with E-state index in [1.54, 1.807) is 23.1 Å². The van der Waals surface area contributed by atoms with Crippen LogP contribution in [0.2, 0.25) is 0 Å². The average Bonchev–Trinajstić information content (AvgIpc) is 3.16. The molecule has 0 aliphatic heterocycles. The van der Waals surface area contributed by atoms with Crippen molar-refractivity contribution in [2.24, 2.45) is 17.8 Å². The smallest absolute Gasteiger partial charge is 0.230 e. The van der Waals surface area contributed by atoms with Crippen LogP contribution in [-0.4, -0.2) is 12.5 Å². The molecule has 2 saturated carbocycles. The molecular weight excluding hydrogens is 241 g/mol. The number of amides is 1. The van der Waals surface area contributed by atoms with Crippen LogP contribution in [0.4, 0.5) is 10.1 Å². The predicted octanol–water partition coefficient (Wildman–Crippen LogP) is 3.61. The summed E-state index contributed by atoms with van der Waals surface area (Å²) in [5.41, 5.74) is 0.429. The maximum Gasteiger partial charge on any atom is 0.230 e. The van der Waals surface area contributed by atoms with E-state index < -0.39 is 0 Å². The molecule has 3 atom stereocenters. The van der Waals surface area contributed by atoms with E-state index in [0.717, 1.165) is 0 Å². The minimum atomic E-state index is -0.304. The summed E-state index contributed by atoms with van der Waals surface area (Å²) in [6.45, 7) is 2.45. The van der Waals surface area contributed by atoms with E-state index in [0.29, 0.717) is 24.1 Å². The van der Waals surface area contributed by atoms with Gasteiger partial charge < -0.3 is 4.90 Å². The standard InChI is InChI=1S/C16H20FNO/c1-2-18(14-10-6-5-9-13(14)17)16(19)15-11-7-3-4-8-12(11)15/h5-6,9-12,15H,2-4,7-8H2,1H3/t11-,12+,15?. The van der Waals surface area contributed by atoms with Crippen molar-refractivity contribution in [3.63, 3.8) is 0 Å². The van der Waals surface area contributed by atoms with Crippen molar-refractivity contribution in [2.75, 3.05) is 11.4 Å². The monoisotopic (exact) mass is 261 g/mol. The van der Waals surface area contributed by atoms with Gasteiger partial charge in [0.2, 0.25) is 5.91 Å². The van der Waals surface area contributed by atoms with Gasteiger partial charge in [0.05, 0.1) is 5.69 Å². The van der Waals surface area contributed by atoms with Crippen LogP contribution in [0.3, 0.4) is 0 Å². The average molecular weight is 261 g/mol. The van der Waals surface area contributed by atoms with E-state index in [-0.39, 0.29) is 17.6 Å². The molecule has 1 aromatic carbocycles. The van der Waals surface area contributed by atoms with Crippen LogP contribution in [-0.2, 0) is 4.79 Å². The maximum atomic E-state index is 13.8. The van der Waals surface area contributed by atoms with Gasteiger partial charge in [-0.15, -0.1) is 0 Å². The summed E-state index contributed by atoms with van der Waals surface area (Å²) in [6.07, 6.45) is 4.85. The minimum Gasteiger partial charge on any atom is -0.310 e. The Bertz CT molecular complexity index is 475. The van der Waals surface area contributed by atoms with Crippen molar-refractivity contribution in [3.8, 4) is 0 Å². The summed E-state index contributed by atoms with van der Waals surface area (Å²) in [7, 11) is 0. The number of hydrogen-bond donors (Lipinski definition) is 0. The molecule has 1 amide bonds. The van der Waals surface area contributed by atoms with E-state index in [4.69, 9.17) is 0 Å². The zero-order valence-electron chi connectivity index (χ0n) is 11.3. The number of fused-ring (bicyclic) bond motifs is 1. The Morgan fingerprint density at radius 2 is 1.89 bits per heavy atom. The van der Waals surface area contributed by atoms with E-state index in [1.807, 2.05) is 6.92 Å². The minimum absolute atomic E-state index is 0.129. The molecule has 0 spiro atoms. The lowest BCUT2D eigenvalue weighted by atomic mass is 10.0. The third kappa shape index (κ3) is 2.15. The van der Waals surface area contributed by atoms with E-state index in [2.05, 4.69) is 0 Å². The Labute approximate surface area is 113 Å². The zero-order valence-corrected chi connectivity index (χ0v) is 11.3. The second kappa shape index (κ2) is 4.95. The van der Waals surface area contributed by atoms with Crippen molar-refractivity contribution >= 4 is 11.6 Å². The highest BCUT2D eigenvalue weighted by atomic mass is 19.1. The van der Waals surface area contributed by atoms with Gasteiger partial charge in [-0.3, -0.25) is 4.79 Å². The lowest BCUT2D eigenvalue weighted by Gasteiger charge is -2.21. The quantitative estimate of drug-likeness (QED) is 0.814. The van der Waals surface area contributed by atoms with E-state index in [9.17, 15) is 9.18 Å². The number of hydrogen-bond acceptors (Lipinski definition) is 1. The number of carbonyl (C=O) groups excluding carboxylic acids is 1. The first kappa shape index (κ1) is 12.6. The topological polar surface area (TPSA) is 20.3 Å². The lowest BCUT2D eigenvalue weighted by Crippen LogP contribution is -2.33. The fraction of sp³-hybridized carbons (Fsp3) is 0.562. The van der Waals surface area contributed by atoms with Gasteiger partial charge in [-0.2, -0.15) is 0 Å². The molecule has 102 valence electrons. The predicted molar refractivity (Wildman–Crippen MR) is 73.4 cm³/mol. The fourth-order valence-corrected chi connectivity index (χ4v) is 3.65. The molecule has 0 radical (unpaired) electrons. The molecule has 19 heavy (non-hydrogen) atoms. The molecule has 0 saturated heterocycles. The fourth-order valence-electron chi connectivity index (χ4n) is 3.65. The van der Waals surface area contributed by atoms with Crippen molar-refractivity contribution in [3.05, 3.63) is 30.1 Å². The Kier molecular flexibility index (Phi) is 3.29. The molecule has 1 unspecified atom stereocenters. The van der Waals surface area contributed by atoms with Crippen LogP contribution in [0.25, 0.3) is 0 Å². The summed E-state index contributed by atoms with van der Waals surface area (Å²) < 4.78 is 13.8. The van der Waals surface area contributed by atoms with Crippen LogP contribution in [0.5, 0.6) is 0 Å². The number of rotatable bonds is 3. The van der Waals surface area contributed by atoms with Crippen molar-refractivity contribution < 1.29 is 9.18 Å². The van der Waals surface area contributed by atoms with E-state index >= 15 is 0 Å². The maximum absolute atomic E-state index is 13.8. The third-order valence-corrected chi connectivity index (χ3v) is 4.67. The van der Waals surface area contributed by atoms with Gasteiger partial charge in [0, 0.05) is 12.5 Å². The van der Waals surface area contributed by atoms with Crippen LogP contribution < -0.4 is 4.90 Å². The summed E-state index contributed by atoms with van der Waals surface area (Å²) in [5.74, 6) is 1.12. The molecule has 1 aromatic rings. The Hall–Kier alpha value is -1.38. The molecule has 2 aliphatic carbocycles. The number of para-hydroxylation sites is 1. The first-order chi connectivity index (χ1) is 9.24. The van der Waals surface area contributed by atoms with Crippen molar-refractivity contribution in [2.45, 2.75) is 32.6 Å². The molecule has 0 bridgehead atoms. The van der Waals surface area contributed by atoms with Crippen LogP contribution in [0.15, 0.2) is 24.3 Å². The molecule has 3 heteroatoms. The normalized spacial score (nSPS) is 28.6. The number of halogens is 1. The molecule has 0 N–H and O–H groups in total. The van der Waals surface area contributed by atoms with Crippen molar-refractivity contribution in [1.82, 2.24) is 0 Å². The molecule has 2 fully saturated rings. The molecule has 2 aliphatic rings. The Balaban J connectivity index is 1.80. The van der Waals surface area contributed by atoms with Gasteiger partial charge in [0.1, 0.15) is 5.82 Å². The van der Waals surface area contributed by atoms with Crippen LogP contribution in [0, 0.1) is 23.6 Å². The zero-order chi connectivity index (χ0) is 13.4. The first-order valence-electron chi connectivity index (χ1n) is 7.30. The third-order valence-electron chi connectivity index (χ3n) is 4.67. The molecule has 0 heterocycles. The van der Waals surface area contributed by atoms with Gasteiger partial charge in [-0.25, -0.2) is 4.39 Å². The van der Waals surface area contributed by atoms with Gasteiger partial charge in [0.25, 0.3) is 0 Å². The Morgan fingerprint density at radius 3 is 2.47 bits per heavy atom. The highest BCUT2D eigenvalue weighted by Gasteiger charge is 2.55. The van der Waals surface area contributed by atoms with E-state index in [1.165, 1.54) is 31.7 Å². The molecular formula is C16H20FNO. The van der Waals surface area contributed by atoms with Crippen LogP contribution >= 0.6 is 0 Å². The largest absolute Gasteiger partial charge is 0.310 e. The summed E-state index contributed by atoms with van der Waals surface area (Å²) in [5, 5.41) is 0. The highest BCUT2D eigenvalue weighted by Crippen LogP contribution is 2.56. The van der Waals surface area contributed by atoms with Gasteiger partial charge >= 0.3 is 0 Å². The lowest BCUT2D eigenvalue weighted by molar-refractivity contribution is -0.120. The summed E-state index contributed by atoms with van der Waals surface area (Å²) in [4.78, 5) is 14.2. The Morgan fingerprint density at radius 1 is 1.26 bits per heavy atom. The highest BCUT2D eigenvalue weighted by molar-refractivity contribution is 5.97. The molecule has 0 aromatic heterocycles. The van der Waals surface area contributed by atoms with Crippen molar-refractivity contribution in [1.29, 1.82) is 0 Å². The van der Waals surface area contributed by atoms with Gasteiger partial charge in [0.15, 0.2) is 0 Å². The van der Waals surface area contributed by atoms with Crippen LogP contribution in [0.1, 0.15) is 32.6 Å². The number of carbonyl (C=O) groups is 1. The summed E-state index contributed by atoms with van der Waals surface area (Å²) >= 11 is 0. The SMILES string of the molecule is CCN(C(=O)C1[C@H]2CCCC[C@@H]12)c1ccccc1F. The van der Waals surface area contributed by atoms with Gasteiger partial charge in [-0.05, 0) is 43.7 Å². The number of benzene rings is 1. The second-order valence-corrected chi connectivity index (χ2v) is 5.67. The summed E-state index contributed by atoms with van der Waals surface area (Å²) in [6, 6.07) is 6.57. The number of nitrogens with zero attached hydrogens (tertiary/aromatic N) is 1. The van der Waals surface area contributed by atoms with Gasteiger partial charge in [-0.1, -0.05) is 25.0 Å². The first-order valence-corrected chi connectivity index (χ1v) is 7.30.